The van der Waals surface area contributed by atoms with Crippen LogP contribution in [0.4, 0.5) is 4.39 Å². The smallest absolute Gasteiger partial charge is 0.243 e. The van der Waals surface area contributed by atoms with Gasteiger partial charge >= 0.3 is 0 Å². The van der Waals surface area contributed by atoms with E-state index in [-0.39, 0.29) is 23.3 Å². The number of aryl methyl sites for hydroxylation is 2. The molecular weight excluding hydrogens is 291 g/mol. The van der Waals surface area contributed by atoms with Crippen molar-refractivity contribution in [1.82, 2.24) is 4.31 Å². The Morgan fingerprint density at radius 2 is 1.84 bits per heavy atom. The Labute approximate surface area is 119 Å². The van der Waals surface area contributed by atoms with E-state index in [1.807, 2.05) is 0 Å². The number of nitrogens with two attached hydrogens (primary N) is 1. The lowest BCUT2D eigenvalue weighted by atomic mass is 10.1. The maximum atomic E-state index is 13.2. The first kappa shape index (κ1) is 16.4. The Hall–Kier alpha value is -0.690. The summed E-state index contributed by atoms with van der Waals surface area (Å²) in [5.74, 6) is -0.415. The third-order valence-electron chi connectivity index (χ3n) is 3.21. The second-order valence-electron chi connectivity index (χ2n) is 4.78. The Bertz CT molecular complexity index is 554. The van der Waals surface area contributed by atoms with Gasteiger partial charge in [-0.1, -0.05) is 0 Å². The molecule has 1 saturated heterocycles. The molecule has 0 aromatic heterocycles. The normalized spacial score (nSPS) is 20.3. The molecule has 2 N–H and O–H groups in total. The molecule has 1 atom stereocenters. The van der Waals surface area contributed by atoms with Gasteiger partial charge in [-0.05, 0) is 43.5 Å². The van der Waals surface area contributed by atoms with Gasteiger partial charge in [0.05, 0.1) is 4.90 Å². The Kier molecular flexibility index (Phi) is 4.95. The van der Waals surface area contributed by atoms with E-state index in [1.165, 1.54) is 16.4 Å². The summed E-state index contributed by atoms with van der Waals surface area (Å²) >= 11 is 0. The molecule has 108 valence electrons. The molecule has 1 aromatic rings. The molecule has 1 aliphatic heterocycles. The fourth-order valence-corrected chi connectivity index (χ4v) is 4.33. The van der Waals surface area contributed by atoms with Gasteiger partial charge in [0, 0.05) is 19.1 Å². The number of halogens is 2. The van der Waals surface area contributed by atoms with Crippen LogP contribution in [0.2, 0.25) is 0 Å². The molecule has 19 heavy (non-hydrogen) atoms. The van der Waals surface area contributed by atoms with E-state index in [2.05, 4.69) is 0 Å². The minimum atomic E-state index is -3.56. The highest BCUT2D eigenvalue weighted by Gasteiger charge is 2.33. The molecule has 0 saturated carbocycles. The molecule has 0 bridgehead atoms. The fourth-order valence-electron chi connectivity index (χ4n) is 2.41. The second-order valence-corrected chi connectivity index (χ2v) is 6.66. The molecule has 0 spiro atoms. The fraction of sp³-hybridized carbons (Fsp3) is 0.500. The lowest BCUT2D eigenvalue weighted by molar-refractivity contribution is 0.471. The first-order valence-electron chi connectivity index (χ1n) is 5.85. The Balaban J connectivity index is 0.00000180. The second kappa shape index (κ2) is 5.75. The number of hydrogen-bond acceptors (Lipinski definition) is 3. The molecule has 4 nitrogen and oxygen atoms in total. The van der Waals surface area contributed by atoms with Crippen molar-refractivity contribution in [3.63, 3.8) is 0 Å². The summed E-state index contributed by atoms with van der Waals surface area (Å²) in [6.07, 6.45) is 0.665. The van der Waals surface area contributed by atoms with Crippen LogP contribution in [0.1, 0.15) is 17.5 Å². The lowest BCUT2D eigenvalue weighted by Gasteiger charge is -2.19. The number of nitrogens with zero attached hydrogens (tertiary/aromatic N) is 1. The van der Waals surface area contributed by atoms with Gasteiger partial charge in [-0.25, -0.2) is 12.8 Å². The minimum absolute atomic E-state index is 0. The van der Waals surface area contributed by atoms with Gasteiger partial charge in [0.1, 0.15) is 5.82 Å². The third kappa shape index (κ3) is 3.08. The zero-order chi connectivity index (χ0) is 13.5. The van der Waals surface area contributed by atoms with Gasteiger partial charge < -0.3 is 5.73 Å². The van der Waals surface area contributed by atoms with Crippen LogP contribution in [0.3, 0.4) is 0 Å². The highest BCUT2D eigenvalue weighted by Crippen LogP contribution is 2.27. The maximum Gasteiger partial charge on any atom is 0.243 e. The van der Waals surface area contributed by atoms with Crippen molar-refractivity contribution < 1.29 is 12.8 Å². The van der Waals surface area contributed by atoms with Crippen molar-refractivity contribution in [2.75, 3.05) is 13.1 Å². The molecule has 1 aromatic carbocycles. The van der Waals surface area contributed by atoms with E-state index in [0.29, 0.717) is 30.6 Å². The van der Waals surface area contributed by atoms with E-state index in [4.69, 9.17) is 5.73 Å². The predicted octanol–water partition coefficient (Wildman–Crippen LogP) is 1.59. The molecule has 1 heterocycles. The van der Waals surface area contributed by atoms with Gasteiger partial charge in [0.2, 0.25) is 10.0 Å². The lowest BCUT2D eigenvalue weighted by Crippen LogP contribution is -2.32. The van der Waals surface area contributed by atoms with Crippen LogP contribution in [0.15, 0.2) is 17.0 Å². The van der Waals surface area contributed by atoms with Crippen molar-refractivity contribution in [1.29, 1.82) is 0 Å². The van der Waals surface area contributed by atoms with Crippen LogP contribution < -0.4 is 5.73 Å². The average Bonchev–Trinajstić information content (AvgIpc) is 2.63. The van der Waals surface area contributed by atoms with Crippen LogP contribution in [-0.4, -0.2) is 31.9 Å². The molecule has 1 fully saturated rings. The topological polar surface area (TPSA) is 63.4 Å². The molecule has 0 aliphatic carbocycles. The predicted molar refractivity (Wildman–Crippen MR) is 74.5 cm³/mol. The average molecular weight is 309 g/mol. The summed E-state index contributed by atoms with van der Waals surface area (Å²) in [4.78, 5) is 0.206. The van der Waals surface area contributed by atoms with Crippen LogP contribution >= 0.6 is 12.4 Å². The Morgan fingerprint density at radius 3 is 2.26 bits per heavy atom. The van der Waals surface area contributed by atoms with Crippen LogP contribution in [0.25, 0.3) is 0 Å². The summed E-state index contributed by atoms with van der Waals surface area (Å²) in [6.45, 7) is 3.98. The van der Waals surface area contributed by atoms with Gasteiger partial charge in [0.25, 0.3) is 0 Å². The molecule has 0 radical (unpaired) electrons. The SMILES string of the molecule is Cc1cc(F)cc(C)c1S(=O)(=O)N1CC[C@@H](N)C1.Cl. The highest BCUT2D eigenvalue weighted by molar-refractivity contribution is 7.89. The van der Waals surface area contributed by atoms with Crippen molar-refractivity contribution in [3.8, 4) is 0 Å². The summed E-state index contributed by atoms with van der Waals surface area (Å²) in [7, 11) is -3.56. The largest absolute Gasteiger partial charge is 0.326 e. The van der Waals surface area contributed by atoms with Crippen LogP contribution in [0, 0.1) is 19.7 Å². The number of sulfonamides is 1. The number of benzene rings is 1. The van der Waals surface area contributed by atoms with E-state index in [9.17, 15) is 12.8 Å². The zero-order valence-corrected chi connectivity index (χ0v) is 12.5. The van der Waals surface area contributed by atoms with Crippen LogP contribution in [0.5, 0.6) is 0 Å². The van der Waals surface area contributed by atoms with Gasteiger partial charge in [0.15, 0.2) is 0 Å². The summed E-state index contributed by atoms with van der Waals surface area (Å²) in [6, 6.07) is 2.38. The van der Waals surface area contributed by atoms with Gasteiger partial charge in [-0.2, -0.15) is 4.31 Å². The molecular formula is C12H18ClFN2O2S. The zero-order valence-electron chi connectivity index (χ0n) is 10.9. The van der Waals surface area contributed by atoms with Crippen molar-refractivity contribution in [3.05, 3.63) is 29.1 Å². The first-order chi connectivity index (χ1) is 8.32. The summed E-state index contributed by atoms with van der Waals surface area (Å²) in [5.41, 5.74) is 6.61. The third-order valence-corrected chi connectivity index (χ3v) is 5.38. The molecule has 1 aliphatic rings. The van der Waals surface area contributed by atoms with E-state index >= 15 is 0 Å². The monoisotopic (exact) mass is 308 g/mol. The van der Waals surface area contributed by atoms with Crippen LogP contribution in [-0.2, 0) is 10.0 Å². The summed E-state index contributed by atoms with van der Waals surface area (Å²) in [5, 5.41) is 0. The highest BCUT2D eigenvalue weighted by atomic mass is 35.5. The van der Waals surface area contributed by atoms with E-state index < -0.39 is 15.8 Å². The Morgan fingerprint density at radius 1 is 1.32 bits per heavy atom. The van der Waals surface area contributed by atoms with Gasteiger partial charge in [-0.15, -0.1) is 12.4 Å². The standard InChI is InChI=1S/C12H17FN2O2S.ClH/c1-8-5-10(13)6-9(2)12(8)18(16,17)15-4-3-11(14)7-15;/h5-6,11H,3-4,7,14H2,1-2H3;1H/t11-;/m1./s1. The molecule has 0 unspecified atom stereocenters. The molecule has 2 rings (SSSR count). The first-order valence-corrected chi connectivity index (χ1v) is 7.29. The minimum Gasteiger partial charge on any atom is -0.326 e. The maximum absolute atomic E-state index is 13.2. The molecule has 7 heteroatoms. The quantitative estimate of drug-likeness (QED) is 0.902. The van der Waals surface area contributed by atoms with Crippen molar-refractivity contribution in [2.45, 2.75) is 31.2 Å². The van der Waals surface area contributed by atoms with Gasteiger partial charge in [-0.3, -0.25) is 0 Å². The summed E-state index contributed by atoms with van der Waals surface area (Å²) < 4.78 is 39.5. The van der Waals surface area contributed by atoms with E-state index in [0.717, 1.165) is 0 Å². The molecule has 0 amide bonds. The number of hydrogen-bond donors (Lipinski definition) is 1. The number of rotatable bonds is 2. The van der Waals surface area contributed by atoms with Crippen molar-refractivity contribution in [2.24, 2.45) is 5.73 Å². The van der Waals surface area contributed by atoms with E-state index in [1.54, 1.807) is 13.8 Å². The van der Waals surface area contributed by atoms with Crippen molar-refractivity contribution >= 4 is 22.4 Å².